The van der Waals surface area contributed by atoms with Gasteiger partial charge in [0.15, 0.2) is 11.5 Å². The van der Waals surface area contributed by atoms with Gasteiger partial charge in [0.05, 0.1) is 12.2 Å². The van der Waals surface area contributed by atoms with Gasteiger partial charge in [-0.15, -0.1) is 5.10 Å². The van der Waals surface area contributed by atoms with Crippen LogP contribution in [0.25, 0.3) is 0 Å². The lowest BCUT2D eigenvalue weighted by atomic mass is 10.3. The SMILES string of the molecule is Cc1nnsc1C(=O)NCC#CCOc1ccc2c(c1)OCO2. The van der Waals surface area contributed by atoms with Gasteiger partial charge >= 0.3 is 0 Å². The van der Waals surface area contributed by atoms with E-state index in [2.05, 4.69) is 26.7 Å². The maximum Gasteiger partial charge on any atom is 0.265 e. The molecule has 0 bridgehead atoms. The molecule has 118 valence electrons. The first-order valence-corrected chi connectivity index (χ1v) is 7.56. The van der Waals surface area contributed by atoms with Crippen LogP contribution in [-0.2, 0) is 0 Å². The molecule has 3 rings (SSSR count). The molecule has 1 aliphatic heterocycles. The smallest absolute Gasteiger partial charge is 0.265 e. The molecule has 2 heterocycles. The summed E-state index contributed by atoms with van der Waals surface area (Å²) < 4.78 is 19.7. The Kier molecular flexibility index (Phi) is 4.59. The number of hydrogen-bond donors (Lipinski definition) is 1. The molecule has 0 atom stereocenters. The predicted molar refractivity (Wildman–Crippen MR) is 82.8 cm³/mol. The van der Waals surface area contributed by atoms with Crippen molar-refractivity contribution in [2.24, 2.45) is 0 Å². The average Bonchev–Trinajstić information content (AvgIpc) is 3.18. The lowest BCUT2D eigenvalue weighted by molar-refractivity contribution is 0.0962. The summed E-state index contributed by atoms with van der Waals surface area (Å²) in [6.45, 7) is 2.42. The van der Waals surface area contributed by atoms with Crippen LogP contribution in [0.5, 0.6) is 17.2 Å². The molecule has 0 aliphatic carbocycles. The lowest BCUT2D eigenvalue weighted by Gasteiger charge is -2.02. The first-order valence-electron chi connectivity index (χ1n) is 6.79. The van der Waals surface area contributed by atoms with Crippen molar-refractivity contribution in [3.05, 3.63) is 28.8 Å². The molecule has 0 radical (unpaired) electrons. The Labute approximate surface area is 136 Å². The van der Waals surface area contributed by atoms with Gasteiger partial charge in [0.1, 0.15) is 17.2 Å². The maximum absolute atomic E-state index is 11.8. The van der Waals surface area contributed by atoms with Crippen LogP contribution in [0.4, 0.5) is 0 Å². The number of benzene rings is 1. The summed E-state index contributed by atoms with van der Waals surface area (Å²) in [4.78, 5) is 12.3. The van der Waals surface area contributed by atoms with Gasteiger partial charge in [0.25, 0.3) is 5.91 Å². The van der Waals surface area contributed by atoms with Gasteiger partial charge in [0.2, 0.25) is 6.79 Å². The number of aromatic nitrogens is 2. The molecule has 0 spiro atoms. The Bertz CT molecular complexity index is 779. The summed E-state index contributed by atoms with van der Waals surface area (Å²) >= 11 is 1.06. The van der Waals surface area contributed by atoms with Gasteiger partial charge in [-0.3, -0.25) is 4.79 Å². The van der Waals surface area contributed by atoms with Crippen LogP contribution in [0.3, 0.4) is 0 Å². The van der Waals surface area contributed by atoms with Crippen molar-refractivity contribution in [3.63, 3.8) is 0 Å². The topological polar surface area (TPSA) is 82.6 Å². The maximum atomic E-state index is 11.8. The number of hydrogen-bond acceptors (Lipinski definition) is 7. The monoisotopic (exact) mass is 331 g/mol. The highest BCUT2D eigenvalue weighted by Crippen LogP contribution is 2.34. The van der Waals surface area contributed by atoms with Gasteiger partial charge in [-0.25, -0.2) is 0 Å². The van der Waals surface area contributed by atoms with Crippen molar-refractivity contribution in [1.82, 2.24) is 14.9 Å². The molecule has 2 aromatic rings. The molecule has 8 heteroatoms. The first kappa shape index (κ1) is 15.1. The lowest BCUT2D eigenvalue weighted by Crippen LogP contribution is -2.23. The molecular weight excluding hydrogens is 318 g/mol. The van der Waals surface area contributed by atoms with Crippen molar-refractivity contribution in [2.75, 3.05) is 19.9 Å². The average molecular weight is 331 g/mol. The fraction of sp³-hybridized carbons (Fsp3) is 0.267. The van der Waals surface area contributed by atoms with Crippen LogP contribution >= 0.6 is 11.5 Å². The Morgan fingerprint density at radius 1 is 1.39 bits per heavy atom. The fourth-order valence-electron chi connectivity index (χ4n) is 1.84. The second kappa shape index (κ2) is 6.98. The molecule has 0 saturated heterocycles. The predicted octanol–water partition coefficient (Wildman–Crippen LogP) is 1.39. The molecular formula is C15H13N3O4S. The van der Waals surface area contributed by atoms with E-state index in [1.54, 1.807) is 25.1 Å². The largest absolute Gasteiger partial charge is 0.481 e. The number of carbonyl (C=O) groups is 1. The number of aryl methyl sites for hydroxylation is 1. The van der Waals surface area contributed by atoms with E-state index < -0.39 is 0 Å². The summed E-state index contributed by atoms with van der Waals surface area (Å²) in [5, 5.41) is 6.47. The van der Waals surface area contributed by atoms with Gasteiger partial charge in [-0.1, -0.05) is 16.3 Å². The van der Waals surface area contributed by atoms with Crippen LogP contribution in [0.15, 0.2) is 18.2 Å². The van der Waals surface area contributed by atoms with Gasteiger partial charge < -0.3 is 19.5 Å². The molecule has 1 aliphatic rings. The highest BCUT2D eigenvalue weighted by Gasteiger charge is 2.13. The standard InChI is InChI=1S/C15H13N3O4S/c1-10-14(23-18-17-10)15(19)16-6-2-3-7-20-11-4-5-12-13(8-11)22-9-21-12/h4-5,8H,6-7,9H2,1H3,(H,16,19). The minimum absolute atomic E-state index is 0.219. The number of nitrogens with one attached hydrogen (secondary N) is 1. The molecule has 7 nitrogen and oxygen atoms in total. The molecule has 23 heavy (non-hydrogen) atoms. The summed E-state index contributed by atoms with van der Waals surface area (Å²) in [5.74, 6) is 7.45. The van der Waals surface area contributed by atoms with E-state index in [9.17, 15) is 4.79 Å². The van der Waals surface area contributed by atoms with Crippen molar-refractivity contribution < 1.29 is 19.0 Å². The summed E-state index contributed by atoms with van der Waals surface area (Å²) in [6.07, 6.45) is 0. The highest BCUT2D eigenvalue weighted by atomic mass is 32.1. The van der Waals surface area contributed by atoms with Gasteiger partial charge in [-0.2, -0.15) is 0 Å². The molecule has 1 aromatic carbocycles. The Hall–Kier alpha value is -2.79. The first-order chi connectivity index (χ1) is 11.2. The zero-order chi connectivity index (χ0) is 16.1. The quantitative estimate of drug-likeness (QED) is 0.853. The number of rotatable bonds is 4. The summed E-state index contributed by atoms with van der Waals surface area (Å²) in [5.41, 5.74) is 0.617. The number of fused-ring (bicyclic) bond motifs is 1. The van der Waals surface area contributed by atoms with Gasteiger partial charge in [0, 0.05) is 6.07 Å². The van der Waals surface area contributed by atoms with Crippen LogP contribution in [0.1, 0.15) is 15.4 Å². The zero-order valence-electron chi connectivity index (χ0n) is 12.3. The van der Waals surface area contributed by atoms with E-state index in [0.29, 0.717) is 27.8 Å². The van der Waals surface area contributed by atoms with Crippen molar-refractivity contribution >= 4 is 17.4 Å². The summed E-state index contributed by atoms with van der Waals surface area (Å²) in [6, 6.07) is 5.33. The summed E-state index contributed by atoms with van der Waals surface area (Å²) in [7, 11) is 0. The van der Waals surface area contributed by atoms with Crippen molar-refractivity contribution in [3.8, 4) is 29.1 Å². The third kappa shape index (κ3) is 3.70. The molecule has 1 amide bonds. The Morgan fingerprint density at radius 3 is 3.09 bits per heavy atom. The number of amides is 1. The van der Waals surface area contributed by atoms with Crippen LogP contribution in [0, 0.1) is 18.8 Å². The third-order valence-corrected chi connectivity index (χ3v) is 3.80. The number of carbonyl (C=O) groups excluding carboxylic acids is 1. The van der Waals surface area contributed by atoms with Crippen molar-refractivity contribution in [1.29, 1.82) is 0 Å². The Morgan fingerprint density at radius 2 is 2.26 bits per heavy atom. The Balaban J connectivity index is 1.42. The number of ether oxygens (including phenoxy) is 3. The zero-order valence-corrected chi connectivity index (χ0v) is 13.1. The van der Waals surface area contributed by atoms with Crippen molar-refractivity contribution in [2.45, 2.75) is 6.92 Å². The van der Waals surface area contributed by atoms with Crippen LogP contribution in [0.2, 0.25) is 0 Å². The molecule has 0 unspecified atom stereocenters. The second-order valence-electron chi connectivity index (χ2n) is 4.53. The van der Waals surface area contributed by atoms with E-state index in [-0.39, 0.29) is 25.9 Å². The van der Waals surface area contributed by atoms with Gasteiger partial charge in [-0.05, 0) is 30.6 Å². The van der Waals surface area contributed by atoms with Crippen LogP contribution in [-0.4, -0.2) is 35.4 Å². The van der Waals surface area contributed by atoms with E-state index in [1.165, 1.54) is 0 Å². The van der Waals surface area contributed by atoms with Crippen LogP contribution < -0.4 is 19.5 Å². The minimum atomic E-state index is -0.219. The fourth-order valence-corrected chi connectivity index (χ4v) is 2.42. The van der Waals surface area contributed by atoms with E-state index >= 15 is 0 Å². The third-order valence-electron chi connectivity index (χ3n) is 2.98. The number of nitrogens with zero attached hydrogens (tertiary/aromatic N) is 2. The minimum Gasteiger partial charge on any atom is -0.481 e. The normalized spacial score (nSPS) is 11.5. The van der Waals surface area contributed by atoms with E-state index in [4.69, 9.17) is 14.2 Å². The second-order valence-corrected chi connectivity index (χ2v) is 5.28. The van der Waals surface area contributed by atoms with E-state index in [1.807, 2.05) is 0 Å². The molecule has 0 fully saturated rings. The van der Waals surface area contributed by atoms with E-state index in [0.717, 1.165) is 11.5 Å². The molecule has 0 saturated carbocycles. The molecule has 1 N–H and O–H groups in total. The molecule has 1 aromatic heterocycles. The highest BCUT2D eigenvalue weighted by molar-refractivity contribution is 7.07.